The fourth-order valence-corrected chi connectivity index (χ4v) is 3.88. The van der Waals surface area contributed by atoms with Gasteiger partial charge in [-0.25, -0.2) is 5.43 Å². The molecule has 0 bridgehead atoms. The molecule has 6 nitrogen and oxygen atoms in total. The lowest BCUT2D eigenvalue weighted by molar-refractivity contribution is -0.139. The zero-order chi connectivity index (χ0) is 20.3. The van der Waals surface area contributed by atoms with E-state index in [0.29, 0.717) is 0 Å². The van der Waals surface area contributed by atoms with Gasteiger partial charge in [-0.05, 0) is 58.2 Å². The summed E-state index contributed by atoms with van der Waals surface area (Å²) in [4.78, 5) is 23.8. The standard InChI is InChI=1S/C22H28N4O2/c1-14-9-10-20(15(2)11-14)26-16(3)12-18(17(26)4)13-23-25-22(28)21(27)24-19-7-5-6-8-19/h9-13,19H,5-8H2,1-4H3,(H,24,27)(H,25,28)/b23-13-. The van der Waals surface area contributed by atoms with Crippen molar-refractivity contribution in [2.45, 2.75) is 59.4 Å². The molecular formula is C22H28N4O2. The molecule has 148 valence electrons. The van der Waals surface area contributed by atoms with Crippen molar-refractivity contribution in [3.63, 3.8) is 0 Å². The molecule has 2 N–H and O–H groups in total. The van der Waals surface area contributed by atoms with Gasteiger partial charge in [0.05, 0.1) is 6.21 Å². The van der Waals surface area contributed by atoms with Crippen LogP contribution < -0.4 is 10.7 Å². The first-order chi connectivity index (χ1) is 13.4. The zero-order valence-electron chi connectivity index (χ0n) is 17.0. The summed E-state index contributed by atoms with van der Waals surface area (Å²) in [5, 5.41) is 6.74. The van der Waals surface area contributed by atoms with E-state index in [2.05, 4.69) is 52.5 Å². The summed E-state index contributed by atoms with van der Waals surface area (Å²) < 4.78 is 2.17. The number of aromatic nitrogens is 1. The van der Waals surface area contributed by atoms with Crippen LogP contribution in [0.1, 0.15) is 53.8 Å². The summed E-state index contributed by atoms with van der Waals surface area (Å²) in [6.07, 6.45) is 5.66. The predicted octanol–water partition coefficient (Wildman–Crippen LogP) is 3.22. The van der Waals surface area contributed by atoms with Gasteiger partial charge < -0.3 is 9.88 Å². The maximum absolute atomic E-state index is 11.9. The molecule has 1 aliphatic rings. The second-order valence-corrected chi connectivity index (χ2v) is 7.61. The maximum Gasteiger partial charge on any atom is 0.329 e. The largest absolute Gasteiger partial charge is 0.345 e. The number of aryl methyl sites for hydroxylation is 3. The van der Waals surface area contributed by atoms with Gasteiger partial charge in [0, 0.05) is 28.7 Å². The van der Waals surface area contributed by atoms with Crippen LogP contribution in [0.4, 0.5) is 0 Å². The molecule has 1 aromatic heterocycles. The van der Waals surface area contributed by atoms with Gasteiger partial charge in [-0.15, -0.1) is 0 Å². The second-order valence-electron chi connectivity index (χ2n) is 7.61. The van der Waals surface area contributed by atoms with E-state index < -0.39 is 11.8 Å². The molecular weight excluding hydrogens is 352 g/mol. The van der Waals surface area contributed by atoms with Crippen LogP contribution in [0.2, 0.25) is 0 Å². The summed E-state index contributed by atoms with van der Waals surface area (Å²) in [5.74, 6) is -1.35. The van der Waals surface area contributed by atoms with Crippen molar-refractivity contribution in [3.8, 4) is 5.69 Å². The molecule has 1 fully saturated rings. The average Bonchev–Trinajstić information content (AvgIpc) is 3.24. The van der Waals surface area contributed by atoms with Crippen molar-refractivity contribution < 1.29 is 9.59 Å². The lowest BCUT2D eigenvalue weighted by Gasteiger charge is -2.13. The normalized spacial score (nSPS) is 14.6. The highest BCUT2D eigenvalue weighted by atomic mass is 16.2. The number of hydrogen-bond acceptors (Lipinski definition) is 3. The van der Waals surface area contributed by atoms with E-state index in [4.69, 9.17) is 0 Å². The van der Waals surface area contributed by atoms with Gasteiger partial charge in [-0.3, -0.25) is 9.59 Å². The first-order valence-electron chi connectivity index (χ1n) is 9.77. The Morgan fingerprint density at radius 3 is 2.46 bits per heavy atom. The Kier molecular flexibility index (Phi) is 5.97. The third-order valence-electron chi connectivity index (χ3n) is 5.33. The van der Waals surface area contributed by atoms with E-state index in [1.165, 1.54) is 11.1 Å². The third kappa shape index (κ3) is 4.32. The van der Waals surface area contributed by atoms with Gasteiger partial charge in [0.1, 0.15) is 0 Å². The molecule has 1 aromatic carbocycles. The maximum atomic E-state index is 11.9. The quantitative estimate of drug-likeness (QED) is 0.485. The van der Waals surface area contributed by atoms with E-state index in [1.807, 2.05) is 19.9 Å². The molecule has 0 radical (unpaired) electrons. The minimum Gasteiger partial charge on any atom is -0.345 e. The Balaban J connectivity index is 1.69. The molecule has 2 amide bonds. The van der Waals surface area contributed by atoms with E-state index in [1.54, 1.807) is 6.21 Å². The van der Waals surface area contributed by atoms with Gasteiger partial charge in [0.15, 0.2) is 0 Å². The number of rotatable bonds is 4. The Bertz CT molecular complexity index is 921. The van der Waals surface area contributed by atoms with Crippen molar-refractivity contribution in [2.75, 3.05) is 0 Å². The van der Waals surface area contributed by atoms with E-state index in [9.17, 15) is 9.59 Å². The molecule has 0 aliphatic heterocycles. The van der Waals surface area contributed by atoms with Crippen LogP contribution in [0.5, 0.6) is 0 Å². The lowest BCUT2D eigenvalue weighted by Crippen LogP contribution is -2.42. The highest BCUT2D eigenvalue weighted by Gasteiger charge is 2.21. The summed E-state index contributed by atoms with van der Waals surface area (Å²) in [6, 6.07) is 8.49. The number of carbonyl (C=O) groups is 2. The molecule has 28 heavy (non-hydrogen) atoms. The van der Waals surface area contributed by atoms with Gasteiger partial charge in [-0.2, -0.15) is 5.10 Å². The number of nitrogens with zero attached hydrogens (tertiary/aromatic N) is 2. The first kappa shape index (κ1) is 19.9. The van der Waals surface area contributed by atoms with Crippen LogP contribution in [-0.2, 0) is 9.59 Å². The van der Waals surface area contributed by atoms with E-state index >= 15 is 0 Å². The van der Waals surface area contributed by atoms with Crippen molar-refractivity contribution >= 4 is 18.0 Å². The van der Waals surface area contributed by atoms with Crippen LogP contribution in [0.15, 0.2) is 29.4 Å². The topological polar surface area (TPSA) is 75.5 Å². The molecule has 0 saturated heterocycles. The Labute approximate surface area is 166 Å². The highest BCUT2D eigenvalue weighted by molar-refractivity contribution is 6.35. The van der Waals surface area contributed by atoms with Crippen molar-refractivity contribution in [2.24, 2.45) is 5.10 Å². The fourth-order valence-electron chi connectivity index (χ4n) is 3.88. The Morgan fingerprint density at radius 2 is 1.79 bits per heavy atom. The molecule has 1 heterocycles. The van der Waals surface area contributed by atoms with Crippen molar-refractivity contribution in [1.29, 1.82) is 0 Å². The zero-order valence-corrected chi connectivity index (χ0v) is 17.0. The van der Waals surface area contributed by atoms with Crippen LogP contribution in [0.3, 0.4) is 0 Å². The van der Waals surface area contributed by atoms with Crippen LogP contribution in [0.25, 0.3) is 5.69 Å². The molecule has 0 spiro atoms. The first-order valence-corrected chi connectivity index (χ1v) is 9.77. The molecule has 1 saturated carbocycles. The monoisotopic (exact) mass is 380 g/mol. The minimum atomic E-state index is -0.730. The van der Waals surface area contributed by atoms with Gasteiger partial charge in [-0.1, -0.05) is 30.5 Å². The fraction of sp³-hybridized carbons (Fsp3) is 0.409. The SMILES string of the molecule is Cc1ccc(-n2c(C)cc(/C=N\NC(=O)C(=O)NC3CCCC3)c2C)c(C)c1. The van der Waals surface area contributed by atoms with E-state index in [-0.39, 0.29) is 6.04 Å². The molecule has 0 unspecified atom stereocenters. The molecule has 0 atom stereocenters. The molecule has 2 aromatic rings. The van der Waals surface area contributed by atoms with Crippen molar-refractivity contribution in [3.05, 3.63) is 52.3 Å². The lowest BCUT2D eigenvalue weighted by atomic mass is 10.1. The summed E-state index contributed by atoms with van der Waals surface area (Å²) >= 11 is 0. The number of benzene rings is 1. The van der Waals surface area contributed by atoms with Crippen LogP contribution in [-0.4, -0.2) is 28.6 Å². The summed E-state index contributed by atoms with van der Waals surface area (Å²) in [5.41, 5.74) is 8.88. The second kappa shape index (κ2) is 8.42. The molecule has 3 rings (SSSR count). The number of carbonyl (C=O) groups excluding carboxylic acids is 2. The summed E-state index contributed by atoms with van der Waals surface area (Å²) in [7, 11) is 0. The number of hydrogen-bond donors (Lipinski definition) is 2. The minimum absolute atomic E-state index is 0.110. The Morgan fingerprint density at radius 1 is 1.07 bits per heavy atom. The third-order valence-corrected chi connectivity index (χ3v) is 5.33. The van der Waals surface area contributed by atoms with E-state index in [0.717, 1.165) is 48.3 Å². The predicted molar refractivity (Wildman–Crippen MR) is 111 cm³/mol. The smallest absolute Gasteiger partial charge is 0.329 e. The summed E-state index contributed by atoms with van der Waals surface area (Å²) in [6.45, 7) is 8.23. The Hall–Kier alpha value is -2.89. The van der Waals surface area contributed by atoms with Crippen LogP contribution >= 0.6 is 0 Å². The van der Waals surface area contributed by atoms with Crippen molar-refractivity contribution in [1.82, 2.24) is 15.3 Å². The molecule has 6 heteroatoms. The highest BCUT2D eigenvalue weighted by Crippen LogP contribution is 2.23. The average molecular weight is 380 g/mol. The number of nitrogens with one attached hydrogen (secondary N) is 2. The number of amides is 2. The van der Waals surface area contributed by atoms with Gasteiger partial charge >= 0.3 is 11.8 Å². The van der Waals surface area contributed by atoms with Crippen LogP contribution in [0, 0.1) is 27.7 Å². The molecule has 1 aliphatic carbocycles. The van der Waals surface area contributed by atoms with Gasteiger partial charge in [0.25, 0.3) is 0 Å². The van der Waals surface area contributed by atoms with Gasteiger partial charge in [0.2, 0.25) is 0 Å². The number of hydrazone groups is 1.